The van der Waals surface area contributed by atoms with Crippen LogP contribution < -0.4 is 20.4 Å². The van der Waals surface area contributed by atoms with E-state index in [1.807, 2.05) is 38.1 Å². The van der Waals surface area contributed by atoms with Gasteiger partial charge in [0.2, 0.25) is 12.7 Å². The van der Waals surface area contributed by atoms with Crippen molar-refractivity contribution in [3.05, 3.63) is 68.8 Å². The molecule has 0 radical (unpaired) electrons. The van der Waals surface area contributed by atoms with Crippen LogP contribution in [0.5, 0.6) is 11.5 Å². The van der Waals surface area contributed by atoms with Crippen molar-refractivity contribution in [3.8, 4) is 11.5 Å². The summed E-state index contributed by atoms with van der Waals surface area (Å²) < 4.78 is 22.3. The van der Waals surface area contributed by atoms with E-state index < -0.39 is 5.63 Å². The average Bonchev–Trinajstić information content (AvgIpc) is 3.45. The van der Waals surface area contributed by atoms with Crippen molar-refractivity contribution >= 4 is 27.8 Å². The van der Waals surface area contributed by atoms with Gasteiger partial charge in [-0.15, -0.1) is 0 Å². The molecular formula is C28H29NO6. The fraction of sp³-hybridized carbons (Fsp3) is 0.357. The van der Waals surface area contributed by atoms with Crippen molar-refractivity contribution in [1.82, 2.24) is 5.32 Å². The molecule has 0 fully saturated rings. The van der Waals surface area contributed by atoms with Crippen LogP contribution in [0.15, 0.2) is 44.2 Å². The normalized spacial score (nSPS) is 13.1. The van der Waals surface area contributed by atoms with Gasteiger partial charge in [0.15, 0.2) is 11.5 Å². The van der Waals surface area contributed by atoms with Crippen molar-refractivity contribution in [2.45, 2.75) is 59.4 Å². The second-order valence-corrected chi connectivity index (χ2v) is 10.1. The monoisotopic (exact) mass is 475 g/mol. The van der Waals surface area contributed by atoms with Crippen molar-refractivity contribution in [3.63, 3.8) is 0 Å². The maximum absolute atomic E-state index is 12.9. The molecule has 2 aromatic heterocycles. The van der Waals surface area contributed by atoms with Gasteiger partial charge in [0.25, 0.3) is 0 Å². The molecule has 0 atom stereocenters. The van der Waals surface area contributed by atoms with E-state index in [1.54, 1.807) is 6.26 Å². The van der Waals surface area contributed by atoms with Crippen LogP contribution in [0, 0.1) is 13.8 Å². The van der Waals surface area contributed by atoms with E-state index in [2.05, 4.69) is 26.1 Å². The minimum atomic E-state index is -0.413. The number of ether oxygens (including phenoxy) is 2. The second kappa shape index (κ2) is 8.48. The quantitative estimate of drug-likeness (QED) is 0.387. The molecule has 2 aromatic carbocycles. The van der Waals surface area contributed by atoms with Gasteiger partial charge in [-0.1, -0.05) is 26.8 Å². The lowest BCUT2D eigenvalue weighted by atomic mass is 9.86. The van der Waals surface area contributed by atoms with E-state index in [0.29, 0.717) is 35.6 Å². The number of fused-ring (bicyclic) bond motifs is 3. The Kier molecular flexibility index (Phi) is 5.58. The summed E-state index contributed by atoms with van der Waals surface area (Å²) in [6, 6.07) is 7.62. The fourth-order valence-electron chi connectivity index (χ4n) is 4.64. The van der Waals surface area contributed by atoms with Gasteiger partial charge >= 0.3 is 5.63 Å². The Bertz CT molecular complexity index is 1520. The Morgan fingerprint density at radius 2 is 1.77 bits per heavy atom. The van der Waals surface area contributed by atoms with Gasteiger partial charge in [-0.3, -0.25) is 4.79 Å². The molecule has 7 heteroatoms. The summed E-state index contributed by atoms with van der Waals surface area (Å²) >= 11 is 0. The van der Waals surface area contributed by atoms with Crippen LogP contribution in [0.25, 0.3) is 21.9 Å². The minimum Gasteiger partial charge on any atom is -0.464 e. The van der Waals surface area contributed by atoms with Crippen LogP contribution >= 0.6 is 0 Å². The first-order valence-electron chi connectivity index (χ1n) is 11.8. The maximum Gasteiger partial charge on any atom is 0.339 e. The van der Waals surface area contributed by atoms with Gasteiger partial charge in [0.1, 0.15) is 11.2 Å². The summed E-state index contributed by atoms with van der Waals surface area (Å²) in [6.07, 6.45) is 2.27. The van der Waals surface area contributed by atoms with Crippen LogP contribution in [0.3, 0.4) is 0 Å². The lowest BCUT2D eigenvalue weighted by Crippen LogP contribution is -2.24. The number of carbonyl (C=O) groups excluding carboxylic acids is 1. The van der Waals surface area contributed by atoms with Gasteiger partial charge in [-0.05, 0) is 55.0 Å². The zero-order valence-electron chi connectivity index (χ0n) is 20.7. The third-order valence-electron chi connectivity index (χ3n) is 6.68. The highest BCUT2D eigenvalue weighted by Crippen LogP contribution is 2.37. The zero-order chi connectivity index (χ0) is 24.9. The van der Waals surface area contributed by atoms with Crippen molar-refractivity contribution in [1.29, 1.82) is 0 Å². The molecule has 1 N–H and O–H groups in total. The Balaban J connectivity index is 1.37. The third kappa shape index (κ3) is 4.16. The molecule has 1 aliphatic heterocycles. The van der Waals surface area contributed by atoms with Gasteiger partial charge in [-0.2, -0.15) is 0 Å². The number of rotatable bonds is 5. The molecule has 3 heterocycles. The minimum absolute atomic E-state index is 0.0895. The summed E-state index contributed by atoms with van der Waals surface area (Å²) in [4.78, 5) is 25.4. The summed E-state index contributed by atoms with van der Waals surface area (Å²) in [5, 5.41) is 4.80. The molecule has 1 amide bonds. The smallest absolute Gasteiger partial charge is 0.339 e. The maximum atomic E-state index is 12.9. The first kappa shape index (κ1) is 23.0. The number of amides is 1. The number of benzene rings is 2. The van der Waals surface area contributed by atoms with E-state index in [1.165, 1.54) is 0 Å². The standard InChI is InChI=1S/C28H29NO6/c1-15-18(7-9-24(30)29-12-17-6-8-22-23(10-17)34-14-33-22)27(31)35-26-16(2)25-20(11-19(15)26)21(13-32-25)28(3,4)5/h6,8,10-11,13H,7,9,12,14H2,1-5H3,(H,29,30). The van der Waals surface area contributed by atoms with E-state index in [9.17, 15) is 9.59 Å². The number of aryl methyl sites for hydroxylation is 2. The van der Waals surface area contributed by atoms with Gasteiger partial charge < -0.3 is 23.6 Å². The predicted octanol–water partition coefficient (Wildman–Crippen LogP) is 5.43. The molecule has 182 valence electrons. The number of nitrogens with one attached hydrogen (secondary N) is 1. The Hall–Kier alpha value is -3.74. The number of carbonyl (C=O) groups is 1. The van der Waals surface area contributed by atoms with E-state index >= 15 is 0 Å². The Labute approximate surface area is 203 Å². The van der Waals surface area contributed by atoms with E-state index in [-0.39, 0.29) is 24.5 Å². The molecule has 0 unspecified atom stereocenters. The molecule has 5 rings (SSSR count). The van der Waals surface area contributed by atoms with Crippen molar-refractivity contribution in [2.24, 2.45) is 0 Å². The fourth-order valence-corrected chi connectivity index (χ4v) is 4.64. The van der Waals surface area contributed by atoms with Gasteiger partial charge in [-0.25, -0.2) is 4.79 Å². The van der Waals surface area contributed by atoms with Crippen LogP contribution in [0.2, 0.25) is 0 Å². The van der Waals surface area contributed by atoms with E-state index in [0.717, 1.165) is 38.6 Å². The molecular weight excluding hydrogens is 446 g/mol. The molecule has 7 nitrogen and oxygen atoms in total. The average molecular weight is 476 g/mol. The molecule has 0 bridgehead atoms. The number of hydrogen-bond donors (Lipinski definition) is 1. The lowest BCUT2D eigenvalue weighted by molar-refractivity contribution is -0.121. The number of furan rings is 1. The third-order valence-corrected chi connectivity index (χ3v) is 6.68. The summed E-state index contributed by atoms with van der Waals surface area (Å²) in [5.41, 5.74) is 4.96. The number of hydrogen-bond acceptors (Lipinski definition) is 6. The van der Waals surface area contributed by atoms with Gasteiger partial charge in [0.05, 0.1) is 6.26 Å². The van der Waals surface area contributed by atoms with E-state index in [4.69, 9.17) is 18.3 Å². The zero-order valence-corrected chi connectivity index (χ0v) is 20.7. The highest BCUT2D eigenvalue weighted by molar-refractivity contribution is 6.00. The van der Waals surface area contributed by atoms with Crippen molar-refractivity contribution < 1.29 is 23.1 Å². The highest BCUT2D eigenvalue weighted by Gasteiger charge is 2.24. The molecule has 35 heavy (non-hydrogen) atoms. The second-order valence-electron chi connectivity index (χ2n) is 10.1. The first-order chi connectivity index (χ1) is 16.6. The summed E-state index contributed by atoms with van der Waals surface area (Å²) in [6.45, 7) is 10.8. The topological polar surface area (TPSA) is 90.9 Å². The van der Waals surface area contributed by atoms with Crippen LogP contribution in [-0.2, 0) is 23.2 Å². The molecule has 0 aliphatic carbocycles. The molecule has 1 aliphatic rings. The van der Waals surface area contributed by atoms with Gasteiger partial charge in [0, 0.05) is 40.4 Å². The predicted molar refractivity (Wildman–Crippen MR) is 133 cm³/mol. The Morgan fingerprint density at radius 1 is 1.00 bits per heavy atom. The molecule has 0 saturated carbocycles. The highest BCUT2D eigenvalue weighted by atomic mass is 16.7. The van der Waals surface area contributed by atoms with Crippen LogP contribution in [0.4, 0.5) is 0 Å². The Morgan fingerprint density at radius 3 is 2.54 bits per heavy atom. The largest absolute Gasteiger partial charge is 0.464 e. The SMILES string of the molecule is Cc1c(CCC(=O)NCc2ccc3c(c2)OCO3)c(=O)oc2c(C)c3occ(C(C)(C)C)c3cc12. The van der Waals surface area contributed by atoms with Crippen LogP contribution in [-0.4, -0.2) is 12.7 Å². The lowest BCUT2D eigenvalue weighted by Gasteiger charge is -2.17. The molecule has 0 saturated heterocycles. The first-order valence-corrected chi connectivity index (χ1v) is 11.8. The molecule has 0 spiro atoms. The summed E-state index contributed by atoms with van der Waals surface area (Å²) in [7, 11) is 0. The molecule has 4 aromatic rings. The summed E-state index contributed by atoms with van der Waals surface area (Å²) in [5.74, 6) is 1.24. The van der Waals surface area contributed by atoms with Crippen molar-refractivity contribution in [2.75, 3.05) is 6.79 Å². The van der Waals surface area contributed by atoms with Crippen LogP contribution in [0.1, 0.15) is 55.0 Å².